The molecule has 0 spiro atoms. The fourth-order valence-electron chi connectivity index (χ4n) is 3.58. The Morgan fingerprint density at radius 2 is 2.27 bits per heavy atom. The van der Waals surface area contributed by atoms with Gasteiger partial charge in [0.2, 0.25) is 10.0 Å². The van der Waals surface area contributed by atoms with Gasteiger partial charge >= 0.3 is 0 Å². The molecule has 3 heterocycles. The van der Waals surface area contributed by atoms with E-state index in [0.717, 1.165) is 32.0 Å². The molecule has 3 fully saturated rings. The van der Waals surface area contributed by atoms with Crippen LogP contribution in [-0.2, 0) is 10.0 Å². The van der Waals surface area contributed by atoms with Crippen LogP contribution in [0, 0.1) is 17.7 Å². The van der Waals surface area contributed by atoms with Gasteiger partial charge < -0.3 is 0 Å². The van der Waals surface area contributed by atoms with Crippen LogP contribution in [0.5, 0.6) is 0 Å². The summed E-state index contributed by atoms with van der Waals surface area (Å²) in [5, 5.41) is 0. The number of rotatable bonds is 5. The third-order valence-corrected chi connectivity index (χ3v) is 6.27. The van der Waals surface area contributed by atoms with Crippen molar-refractivity contribution in [2.75, 3.05) is 19.6 Å². The Balaban J connectivity index is 1.65. The second-order valence-corrected chi connectivity index (χ2v) is 7.91. The normalized spacial score (nSPS) is 31.1. The molecular formula is C16H21FN2O2S. The largest absolute Gasteiger partial charge is 0.298 e. The fourth-order valence-corrected chi connectivity index (χ4v) is 4.69. The second kappa shape index (κ2) is 6.10. The predicted molar refractivity (Wildman–Crippen MR) is 83.4 cm³/mol. The molecule has 3 saturated heterocycles. The van der Waals surface area contributed by atoms with Gasteiger partial charge in [-0.2, -0.15) is 0 Å². The standard InChI is InChI=1S/C16H21FN2O2S/c1-2-12-11-19-7-6-13(12)8-15(19)10-18-22(20,21)16-5-3-4-14(17)9-16/h2-5,9,12-13,15,18H,1,6-8,10-11H2/t12-,13+,15-/m1/s1. The summed E-state index contributed by atoms with van der Waals surface area (Å²) < 4.78 is 40.3. The van der Waals surface area contributed by atoms with E-state index in [1.54, 1.807) is 0 Å². The molecule has 4 nitrogen and oxygen atoms in total. The summed E-state index contributed by atoms with van der Waals surface area (Å²) in [6.45, 7) is 6.24. The molecule has 22 heavy (non-hydrogen) atoms. The number of benzene rings is 1. The zero-order valence-electron chi connectivity index (χ0n) is 12.4. The highest BCUT2D eigenvalue weighted by Gasteiger charge is 2.38. The van der Waals surface area contributed by atoms with Crippen molar-refractivity contribution in [2.45, 2.75) is 23.8 Å². The number of sulfonamides is 1. The first-order valence-corrected chi connectivity index (χ1v) is 9.10. The van der Waals surface area contributed by atoms with Crippen LogP contribution in [0.4, 0.5) is 4.39 Å². The number of nitrogens with one attached hydrogen (secondary N) is 1. The molecular weight excluding hydrogens is 303 g/mol. The topological polar surface area (TPSA) is 49.4 Å². The van der Waals surface area contributed by atoms with E-state index in [0.29, 0.717) is 18.4 Å². The smallest absolute Gasteiger partial charge is 0.240 e. The van der Waals surface area contributed by atoms with Gasteiger partial charge in [0.25, 0.3) is 0 Å². The van der Waals surface area contributed by atoms with Crippen LogP contribution in [0.3, 0.4) is 0 Å². The van der Waals surface area contributed by atoms with Crippen molar-refractivity contribution in [3.8, 4) is 0 Å². The van der Waals surface area contributed by atoms with E-state index in [1.807, 2.05) is 6.08 Å². The van der Waals surface area contributed by atoms with Crippen molar-refractivity contribution < 1.29 is 12.8 Å². The molecule has 4 rings (SSSR count). The monoisotopic (exact) mass is 324 g/mol. The molecule has 1 aromatic carbocycles. The maximum atomic E-state index is 13.2. The van der Waals surface area contributed by atoms with Crippen molar-refractivity contribution in [3.63, 3.8) is 0 Å². The Bertz CT molecular complexity index is 662. The van der Waals surface area contributed by atoms with Crippen LogP contribution in [0.15, 0.2) is 41.8 Å². The molecule has 0 aromatic heterocycles. The minimum atomic E-state index is -3.65. The molecule has 0 aliphatic carbocycles. The Morgan fingerprint density at radius 3 is 2.91 bits per heavy atom. The maximum Gasteiger partial charge on any atom is 0.240 e. The Morgan fingerprint density at radius 1 is 1.45 bits per heavy atom. The second-order valence-electron chi connectivity index (χ2n) is 6.14. The van der Waals surface area contributed by atoms with Crippen LogP contribution in [-0.4, -0.2) is 39.0 Å². The number of hydrogen-bond donors (Lipinski definition) is 1. The Hall–Kier alpha value is -1.24. The van der Waals surface area contributed by atoms with Crippen LogP contribution < -0.4 is 4.72 Å². The molecule has 4 atom stereocenters. The lowest BCUT2D eigenvalue weighted by Gasteiger charge is -2.49. The van der Waals surface area contributed by atoms with E-state index in [-0.39, 0.29) is 10.9 Å². The van der Waals surface area contributed by atoms with E-state index in [9.17, 15) is 12.8 Å². The molecule has 1 aromatic rings. The fraction of sp³-hybridized carbons (Fsp3) is 0.500. The summed E-state index contributed by atoms with van der Waals surface area (Å²) in [7, 11) is -3.65. The summed E-state index contributed by atoms with van der Waals surface area (Å²) in [6, 6.07) is 5.32. The maximum absolute atomic E-state index is 13.2. The first-order chi connectivity index (χ1) is 10.5. The quantitative estimate of drug-likeness (QED) is 0.843. The highest BCUT2D eigenvalue weighted by molar-refractivity contribution is 7.89. The van der Waals surface area contributed by atoms with Crippen LogP contribution in [0.2, 0.25) is 0 Å². The van der Waals surface area contributed by atoms with Crippen LogP contribution in [0.25, 0.3) is 0 Å². The van der Waals surface area contributed by atoms with Gasteiger partial charge in [0.05, 0.1) is 4.90 Å². The molecule has 0 amide bonds. The third kappa shape index (κ3) is 3.09. The lowest BCUT2D eigenvalue weighted by atomic mass is 9.76. The summed E-state index contributed by atoms with van der Waals surface area (Å²) >= 11 is 0. The molecule has 1 unspecified atom stereocenters. The highest BCUT2D eigenvalue weighted by atomic mass is 32.2. The summed E-state index contributed by atoms with van der Waals surface area (Å²) in [4.78, 5) is 2.31. The summed E-state index contributed by atoms with van der Waals surface area (Å²) in [5.41, 5.74) is 0. The highest BCUT2D eigenvalue weighted by Crippen LogP contribution is 2.36. The molecule has 120 valence electrons. The molecule has 0 saturated carbocycles. The van der Waals surface area contributed by atoms with Gasteiger partial charge in [0.15, 0.2) is 0 Å². The molecule has 6 heteroatoms. The Labute approximate surface area is 131 Å². The average Bonchev–Trinajstić information content (AvgIpc) is 2.53. The minimum Gasteiger partial charge on any atom is -0.298 e. The van der Waals surface area contributed by atoms with Gasteiger partial charge in [0, 0.05) is 19.1 Å². The van der Waals surface area contributed by atoms with E-state index in [1.165, 1.54) is 18.2 Å². The van der Waals surface area contributed by atoms with Crippen molar-refractivity contribution in [2.24, 2.45) is 11.8 Å². The number of fused-ring (bicyclic) bond motifs is 3. The first kappa shape index (κ1) is 15.6. The molecule has 2 bridgehead atoms. The number of halogens is 1. The zero-order valence-corrected chi connectivity index (χ0v) is 13.2. The van der Waals surface area contributed by atoms with E-state index in [4.69, 9.17) is 0 Å². The Kier molecular flexibility index (Phi) is 4.34. The summed E-state index contributed by atoms with van der Waals surface area (Å²) in [6.07, 6.45) is 4.16. The summed E-state index contributed by atoms with van der Waals surface area (Å²) in [5.74, 6) is 0.577. The van der Waals surface area contributed by atoms with E-state index < -0.39 is 15.8 Å². The van der Waals surface area contributed by atoms with Crippen molar-refractivity contribution in [1.82, 2.24) is 9.62 Å². The van der Waals surface area contributed by atoms with Gasteiger partial charge in [-0.15, -0.1) is 6.58 Å². The molecule has 1 N–H and O–H groups in total. The number of piperidine rings is 3. The van der Waals surface area contributed by atoms with Gasteiger partial charge in [-0.1, -0.05) is 12.1 Å². The van der Waals surface area contributed by atoms with Gasteiger partial charge in [-0.05, 0) is 49.4 Å². The molecule has 3 aliphatic heterocycles. The SMILES string of the molecule is C=C[C@@H]1CN2CC[C@H]1C[C@@H]2CNS(=O)(=O)c1cccc(F)c1. The van der Waals surface area contributed by atoms with Crippen LogP contribution >= 0.6 is 0 Å². The van der Waals surface area contributed by atoms with Gasteiger partial charge in [-0.3, -0.25) is 4.90 Å². The molecule has 0 radical (unpaired) electrons. The number of nitrogens with zero attached hydrogens (tertiary/aromatic N) is 1. The van der Waals surface area contributed by atoms with Crippen molar-refractivity contribution in [3.05, 3.63) is 42.7 Å². The van der Waals surface area contributed by atoms with Gasteiger partial charge in [0.1, 0.15) is 5.82 Å². The van der Waals surface area contributed by atoms with Crippen molar-refractivity contribution >= 4 is 10.0 Å². The van der Waals surface area contributed by atoms with E-state index >= 15 is 0 Å². The van der Waals surface area contributed by atoms with Gasteiger partial charge in [-0.25, -0.2) is 17.5 Å². The lowest BCUT2D eigenvalue weighted by Crippen LogP contribution is -2.56. The van der Waals surface area contributed by atoms with E-state index in [2.05, 4.69) is 16.2 Å². The first-order valence-electron chi connectivity index (χ1n) is 7.61. The minimum absolute atomic E-state index is 0.0209. The van der Waals surface area contributed by atoms with Crippen LogP contribution in [0.1, 0.15) is 12.8 Å². The zero-order chi connectivity index (χ0) is 15.7. The molecule has 3 aliphatic rings. The van der Waals surface area contributed by atoms with Crippen molar-refractivity contribution in [1.29, 1.82) is 0 Å². The number of hydrogen-bond acceptors (Lipinski definition) is 3. The predicted octanol–water partition coefficient (Wildman–Crippen LogP) is 2.00. The third-order valence-electron chi connectivity index (χ3n) is 4.85. The lowest BCUT2D eigenvalue weighted by molar-refractivity contribution is 0.0218. The average molecular weight is 324 g/mol.